The summed E-state index contributed by atoms with van der Waals surface area (Å²) in [6, 6.07) is 1.43. The highest BCUT2D eigenvalue weighted by Crippen LogP contribution is 2.15. The number of halogens is 1. The number of alkyl halides is 1. The Labute approximate surface area is 193 Å². The quantitative estimate of drug-likeness (QED) is 0.0474. The van der Waals surface area contributed by atoms with E-state index in [1.54, 1.807) is 0 Å². The fourth-order valence-electron chi connectivity index (χ4n) is 3.71. The van der Waals surface area contributed by atoms with Gasteiger partial charge in [-0.3, -0.25) is 0 Å². The molecule has 2 radical (unpaired) electrons. The van der Waals surface area contributed by atoms with Crippen LogP contribution in [0.2, 0.25) is 6.04 Å². The van der Waals surface area contributed by atoms with Crippen LogP contribution in [0.4, 0.5) is 0 Å². The average molecular weight is 488 g/mol. The number of carbonyl (C=O) groups excluding carboxylic acids is 1. The molecule has 0 saturated heterocycles. The van der Waals surface area contributed by atoms with Crippen molar-refractivity contribution in [1.82, 2.24) is 0 Å². The van der Waals surface area contributed by atoms with Crippen molar-refractivity contribution in [1.29, 1.82) is 0 Å². The van der Waals surface area contributed by atoms with Crippen LogP contribution in [-0.2, 0) is 9.53 Å². The van der Waals surface area contributed by atoms with Gasteiger partial charge in [0, 0.05) is 6.08 Å². The zero-order valence-electron chi connectivity index (χ0n) is 19.2. The second-order valence-corrected chi connectivity index (χ2v) is 11.3. The van der Waals surface area contributed by atoms with Gasteiger partial charge in [0.2, 0.25) is 0 Å². The number of unbranched alkanes of at least 4 members (excludes halogenated alkanes) is 16. The van der Waals surface area contributed by atoms with Gasteiger partial charge in [-0.05, 0) is 24.7 Å². The van der Waals surface area contributed by atoms with Crippen molar-refractivity contribution in [2.45, 2.75) is 135 Å². The lowest BCUT2D eigenvalue weighted by atomic mass is 10.0. The lowest BCUT2D eigenvalue weighted by molar-refractivity contribution is -0.142. The number of rotatable bonds is 23. The second kappa shape index (κ2) is 24.2. The van der Waals surface area contributed by atoms with E-state index in [2.05, 4.69) is 22.5 Å². The van der Waals surface area contributed by atoms with E-state index in [9.17, 15) is 4.79 Å². The van der Waals surface area contributed by atoms with Crippen LogP contribution >= 0.6 is 15.9 Å². The molecule has 0 aromatic carbocycles. The lowest BCUT2D eigenvalue weighted by Gasteiger charge is -2.11. The van der Waals surface area contributed by atoms with Gasteiger partial charge in [-0.2, -0.15) is 0 Å². The lowest BCUT2D eigenvalue weighted by Crippen LogP contribution is -2.12. The van der Waals surface area contributed by atoms with E-state index >= 15 is 0 Å². The van der Waals surface area contributed by atoms with Crippen molar-refractivity contribution in [3.05, 3.63) is 12.7 Å². The Balaban J connectivity index is 3.10. The average Bonchev–Trinajstić information content (AvgIpc) is 2.72. The van der Waals surface area contributed by atoms with Gasteiger partial charge in [-0.15, -0.1) is 0 Å². The number of hydrogen-bond donors (Lipinski definition) is 0. The van der Waals surface area contributed by atoms with E-state index in [0.29, 0.717) is 0 Å². The minimum Gasteiger partial charge on any atom is -0.460 e. The molecule has 1 unspecified atom stereocenters. The molecule has 0 aromatic heterocycles. The van der Waals surface area contributed by atoms with Crippen LogP contribution in [0.5, 0.6) is 0 Å². The first-order valence-corrected chi connectivity index (χ1v) is 14.8. The summed E-state index contributed by atoms with van der Waals surface area (Å²) in [6.07, 6.45) is 26.0. The summed E-state index contributed by atoms with van der Waals surface area (Å²) < 4.78 is 5.18. The molecule has 0 aliphatic carbocycles. The Hall–Kier alpha value is -0.0931. The molecule has 0 amide bonds. The molecular weight excluding hydrogens is 440 g/mol. The number of ether oxygens (including phenoxy) is 1. The van der Waals surface area contributed by atoms with E-state index in [1.165, 1.54) is 120 Å². The van der Waals surface area contributed by atoms with Crippen molar-refractivity contribution in [3.63, 3.8) is 0 Å². The molecule has 0 rings (SSSR count). The van der Waals surface area contributed by atoms with Crippen molar-refractivity contribution < 1.29 is 9.53 Å². The van der Waals surface area contributed by atoms with Gasteiger partial charge in [-0.25, -0.2) is 4.79 Å². The molecule has 0 spiro atoms. The van der Waals surface area contributed by atoms with Crippen LogP contribution in [-0.4, -0.2) is 26.5 Å². The molecule has 0 saturated carbocycles. The highest BCUT2D eigenvalue weighted by Gasteiger charge is 2.05. The van der Waals surface area contributed by atoms with Gasteiger partial charge in [0.05, 0.1) is 15.6 Å². The zero-order valence-corrected chi connectivity index (χ0v) is 21.8. The molecule has 0 fully saturated rings. The van der Waals surface area contributed by atoms with Crippen LogP contribution < -0.4 is 0 Å². The highest BCUT2D eigenvalue weighted by molar-refractivity contribution is 9.09. The molecule has 2 nitrogen and oxygen atoms in total. The summed E-state index contributed by atoms with van der Waals surface area (Å²) in [6.45, 7) is 5.40. The van der Waals surface area contributed by atoms with E-state index in [0.717, 1.165) is 22.4 Å². The Morgan fingerprint density at radius 1 is 0.793 bits per heavy atom. The fourth-order valence-corrected chi connectivity index (χ4v) is 5.18. The van der Waals surface area contributed by atoms with Crippen LogP contribution in [0.15, 0.2) is 12.7 Å². The third-order valence-electron chi connectivity index (χ3n) is 5.54. The summed E-state index contributed by atoms with van der Waals surface area (Å²) in [4.78, 5) is 12.3. The van der Waals surface area contributed by atoms with Crippen molar-refractivity contribution in [2.75, 3.05) is 4.95 Å². The molecule has 1 atom stereocenters. The second-order valence-electron chi connectivity index (χ2n) is 8.38. The van der Waals surface area contributed by atoms with Crippen LogP contribution in [0.25, 0.3) is 0 Å². The van der Waals surface area contributed by atoms with Crippen molar-refractivity contribution in [3.8, 4) is 0 Å². The van der Waals surface area contributed by atoms with Gasteiger partial charge in [0.25, 0.3) is 0 Å². The third-order valence-corrected chi connectivity index (χ3v) is 7.63. The predicted molar refractivity (Wildman–Crippen MR) is 133 cm³/mol. The summed E-state index contributed by atoms with van der Waals surface area (Å²) in [7, 11) is 1.12. The van der Waals surface area contributed by atoms with Crippen LogP contribution in [0.1, 0.15) is 122 Å². The first-order valence-electron chi connectivity index (χ1n) is 12.3. The Kier molecular flexibility index (Phi) is 24.1. The van der Waals surface area contributed by atoms with Gasteiger partial charge in [-0.1, -0.05) is 131 Å². The molecule has 29 heavy (non-hydrogen) atoms. The standard InChI is InChI=1S/C25H47BrO2Si/c1-3-25(27)28-24(2)21-19-17-15-13-11-9-7-5-4-6-8-10-12-14-16-18-20-22-29-23-26/h3,24H,1,4-23H2,2H3. The SMILES string of the molecule is C=CC(=O)OC(C)CCCCCCCCCCCCCCCCCCC[Si]CBr. The van der Waals surface area contributed by atoms with Gasteiger partial charge in [0.15, 0.2) is 0 Å². The van der Waals surface area contributed by atoms with Gasteiger partial charge < -0.3 is 4.74 Å². The number of hydrogen-bond acceptors (Lipinski definition) is 2. The maximum absolute atomic E-state index is 11.1. The maximum Gasteiger partial charge on any atom is 0.330 e. The van der Waals surface area contributed by atoms with Gasteiger partial charge >= 0.3 is 5.97 Å². The molecule has 0 aliphatic rings. The fraction of sp³-hybridized carbons (Fsp3) is 0.880. The van der Waals surface area contributed by atoms with Gasteiger partial charge in [0.1, 0.15) is 0 Å². The molecule has 170 valence electrons. The Morgan fingerprint density at radius 3 is 1.55 bits per heavy atom. The molecular formula is C25H47BrO2Si. The van der Waals surface area contributed by atoms with E-state index in [1.807, 2.05) is 6.92 Å². The Morgan fingerprint density at radius 2 is 1.17 bits per heavy atom. The first-order chi connectivity index (χ1) is 14.2. The molecule has 0 N–H and O–H groups in total. The number of esters is 1. The molecule has 0 aliphatic heterocycles. The van der Waals surface area contributed by atoms with E-state index < -0.39 is 0 Å². The van der Waals surface area contributed by atoms with Crippen molar-refractivity contribution >= 4 is 31.4 Å². The molecule has 4 heteroatoms. The smallest absolute Gasteiger partial charge is 0.330 e. The highest BCUT2D eigenvalue weighted by atomic mass is 79.9. The first kappa shape index (κ1) is 28.9. The molecule has 0 heterocycles. The molecule has 0 bridgehead atoms. The Bertz CT molecular complexity index is 363. The summed E-state index contributed by atoms with van der Waals surface area (Å²) >= 11 is 3.51. The third kappa shape index (κ3) is 24.1. The van der Waals surface area contributed by atoms with Crippen LogP contribution in [0.3, 0.4) is 0 Å². The molecule has 0 aromatic rings. The monoisotopic (exact) mass is 486 g/mol. The van der Waals surface area contributed by atoms with E-state index in [-0.39, 0.29) is 12.1 Å². The van der Waals surface area contributed by atoms with E-state index in [4.69, 9.17) is 4.74 Å². The summed E-state index contributed by atoms with van der Waals surface area (Å²) in [5, 5.41) is 0. The summed E-state index contributed by atoms with van der Waals surface area (Å²) in [5.74, 6) is -0.301. The zero-order chi connectivity index (χ0) is 21.4. The summed E-state index contributed by atoms with van der Waals surface area (Å²) in [5.41, 5.74) is 0. The minimum absolute atomic E-state index is 0.0230. The topological polar surface area (TPSA) is 26.3 Å². The number of carbonyl (C=O) groups is 1. The van der Waals surface area contributed by atoms with Crippen LogP contribution in [0, 0.1) is 0 Å². The maximum atomic E-state index is 11.1. The largest absolute Gasteiger partial charge is 0.460 e. The minimum atomic E-state index is -0.301. The van der Waals surface area contributed by atoms with Crippen molar-refractivity contribution in [2.24, 2.45) is 0 Å². The predicted octanol–water partition coefficient (Wildman–Crippen LogP) is 8.60. The normalized spacial score (nSPS) is 12.1.